The molecular formula is C22H30N4O3. The first kappa shape index (κ1) is 19.9. The van der Waals surface area contributed by atoms with E-state index in [-0.39, 0.29) is 36.1 Å². The lowest BCUT2D eigenvalue weighted by molar-refractivity contribution is -0.143. The molecule has 7 heteroatoms. The summed E-state index contributed by atoms with van der Waals surface area (Å²) in [5, 5.41) is 2.81. The molecule has 0 bridgehead atoms. The largest absolute Gasteiger partial charge is 0.357 e. The Morgan fingerprint density at radius 3 is 2.31 bits per heavy atom. The van der Waals surface area contributed by atoms with Crippen LogP contribution < -0.4 is 10.2 Å². The Kier molecular flexibility index (Phi) is 5.83. The number of imide groups is 1. The van der Waals surface area contributed by atoms with Crippen LogP contribution in [-0.2, 0) is 20.9 Å². The fraction of sp³-hybridized carbons (Fsp3) is 0.636. The minimum absolute atomic E-state index is 0.170. The third-order valence-electron chi connectivity index (χ3n) is 6.64. The van der Waals surface area contributed by atoms with Crippen molar-refractivity contribution in [2.75, 3.05) is 24.5 Å². The number of carbonyl (C=O) groups excluding carboxylic acids is 3. The molecule has 2 atom stereocenters. The van der Waals surface area contributed by atoms with Gasteiger partial charge in [0.15, 0.2) is 0 Å². The molecule has 0 spiro atoms. The number of carbonyl (C=O) groups is 3. The van der Waals surface area contributed by atoms with Crippen LogP contribution >= 0.6 is 0 Å². The third-order valence-corrected chi connectivity index (χ3v) is 6.64. The summed E-state index contributed by atoms with van der Waals surface area (Å²) < 4.78 is 0. The summed E-state index contributed by atoms with van der Waals surface area (Å²) in [6, 6.07) is 3.97. The number of fused-ring (bicyclic) bond motifs is 1. The van der Waals surface area contributed by atoms with Crippen LogP contribution in [0.5, 0.6) is 0 Å². The minimum Gasteiger partial charge on any atom is -0.357 e. The quantitative estimate of drug-likeness (QED) is 0.768. The number of hydrogen-bond acceptors (Lipinski definition) is 5. The minimum atomic E-state index is -0.306. The summed E-state index contributed by atoms with van der Waals surface area (Å²) in [5.41, 5.74) is 0.903. The maximum Gasteiger partial charge on any atom is 0.240 e. The molecule has 1 aliphatic carbocycles. The normalized spacial score (nSPS) is 25.3. The SMILES string of the molecule is CC1CCN(c2ccc(CNC(=O)CN3C(=O)C4CCCCC4C3=O)cn2)CC1. The van der Waals surface area contributed by atoms with Crippen LogP contribution in [0.3, 0.4) is 0 Å². The van der Waals surface area contributed by atoms with Crippen molar-refractivity contribution in [3.8, 4) is 0 Å². The summed E-state index contributed by atoms with van der Waals surface area (Å²) in [4.78, 5) is 45.3. The van der Waals surface area contributed by atoms with Gasteiger partial charge in [0.05, 0.1) is 11.8 Å². The Labute approximate surface area is 171 Å². The van der Waals surface area contributed by atoms with Gasteiger partial charge in [0, 0.05) is 25.8 Å². The lowest BCUT2D eigenvalue weighted by Crippen LogP contribution is -2.40. The summed E-state index contributed by atoms with van der Waals surface area (Å²) in [7, 11) is 0. The second kappa shape index (κ2) is 8.51. The lowest BCUT2D eigenvalue weighted by atomic mass is 9.81. The number of nitrogens with zero attached hydrogens (tertiary/aromatic N) is 3. The van der Waals surface area contributed by atoms with Crippen LogP contribution in [0.15, 0.2) is 18.3 Å². The molecule has 1 aromatic rings. The Bertz CT molecular complexity index is 747. The Balaban J connectivity index is 1.27. The molecule has 3 fully saturated rings. The van der Waals surface area contributed by atoms with Crippen LogP contribution in [0.4, 0.5) is 5.82 Å². The molecule has 3 heterocycles. The van der Waals surface area contributed by atoms with Crippen molar-refractivity contribution >= 4 is 23.5 Å². The molecule has 1 saturated carbocycles. The first-order valence-electron chi connectivity index (χ1n) is 10.8. The second-order valence-corrected chi connectivity index (χ2v) is 8.73. The monoisotopic (exact) mass is 398 g/mol. The highest BCUT2D eigenvalue weighted by molar-refractivity contribution is 6.07. The molecule has 3 amide bonds. The molecule has 29 heavy (non-hydrogen) atoms. The standard InChI is InChI=1S/C22H30N4O3/c1-15-8-10-25(11-9-15)19-7-6-16(12-23-19)13-24-20(27)14-26-21(28)17-4-2-3-5-18(17)22(26)29/h6-7,12,15,17-18H,2-5,8-11,13-14H2,1H3,(H,24,27). The number of likely N-dealkylation sites (tertiary alicyclic amines) is 1. The van der Waals surface area contributed by atoms with E-state index in [0.29, 0.717) is 6.54 Å². The molecule has 0 aromatic carbocycles. The van der Waals surface area contributed by atoms with E-state index in [1.165, 1.54) is 12.8 Å². The average molecular weight is 399 g/mol. The third kappa shape index (κ3) is 4.28. The number of amides is 3. The Morgan fingerprint density at radius 2 is 1.72 bits per heavy atom. The van der Waals surface area contributed by atoms with E-state index >= 15 is 0 Å². The maximum absolute atomic E-state index is 12.5. The maximum atomic E-state index is 12.5. The molecule has 2 saturated heterocycles. The van der Waals surface area contributed by atoms with Gasteiger partial charge in [0.25, 0.3) is 0 Å². The van der Waals surface area contributed by atoms with E-state index in [9.17, 15) is 14.4 Å². The fourth-order valence-electron chi connectivity index (χ4n) is 4.73. The predicted molar refractivity (Wildman–Crippen MR) is 109 cm³/mol. The zero-order valence-corrected chi connectivity index (χ0v) is 17.1. The Morgan fingerprint density at radius 1 is 1.07 bits per heavy atom. The molecule has 1 N–H and O–H groups in total. The van der Waals surface area contributed by atoms with Crippen molar-refractivity contribution in [3.63, 3.8) is 0 Å². The molecule has 1 aromatic heterocycles. The van der Waals surface area contributed by atoms with Gasteiger partial charge in [-0.3, -0.25) is 19.3 Å². The first-order chi connectivity index (χ1) is 14.0. The number of anilines is 1. The highest BCUT2D eigenvalue weighted by atomic mass is 16.2. The smallest absolute Gasteiger partial charge is 0.240 e. The van der Waals surface area contributed by atoms with Gasteiger partial charge in [-0.05, 0) is 43.2 Å². The molecule has 156 valence electrons. The van der Waals surface area contributed by atoms with Crippen molar-refractivity contribution in [3.05, 3.63) is 23.9 Å². The van der Waals surface area contributed by atoms with Gasteiger partial charge in [-0.25, -0.2) is 4.98 Å². The Hall–Kier alpha value is -2.44. The van der Waals surface area contributed by atoms with Gasteiger partial charge in [-0.1, -0.05) is 25.8 Å². The van der Waals surface area contributed by atoms with E-state index in [2.05, 4.69) is 22.1 Å². The molecule has 7 nitrogen and oxygen atoms in total. The summed E-state index contributed by atoms with van der Waals surface area (Å²) in [5.74, 6) is 0.687. The van der Waals surface area contributed by atoms with Gasteiger partial charge < -0.3 is 10.2 Å². The van der Waals surface area contributed by atoms with Crippen LogP contribution in [-0.4, -0.2) is 47.2 Å². The molecule has 2 unspecified atom stereocenters. The zero-order valence-electron chi connectivity index (χ0n) is 17.1. The summed E-state index contributed by atoms with van der Waals surface area (Å²) in [6.07, 6.45) is 7.67. The van der Waals surface area contributed by atoms with E-state index in [1.807, 2.05) is 12.1 Å². The number of nitrogens with one attached hydrogen (secondary N) is 1. The number of aromatic nitrogens is 1. The molecular weight excluding hydrogens is 368 g/mol. The number of rotatable bonds is 5. The van der Waals surface area contributed by atoms with Crippen LogP contribution in [0.2, 0.25) is 0 Å². The number of pyridine rings is 1. The van der Waals surface area contributed by atoms with Crippen LogP contribution in [0.1, 0.15) is 51.0 Å². The number of piperidine rings is 1. The van der Waals surface area contributed by atoms with Crippen molar-refractivity contribution in [2.24, 2.45) is 17.8 Å². The van der Waals surface area contributed by atoms with E-state index in [1.54, 1.807) is 6.20 Å². The van der Waals surface area contributed by atoms with Crippen molar-refractivity contribution < 1.29 is 14.4 Å². The van der Waals surface area contributed by atoms with Crippen molar-refractivity contribution in [1.82, 2.24) is 15.2 Å². The summed E-state index contributed by atoms with van der Waals surface area (Å²) in [6.45, 7) is 4.51. The molecule has 2 aliphatic heterocycles. The van der Waals surface area contributed by atoms with Gasteiger partial charge >= 0.3 is 0 Å². The van der Waals surface area contributed by atoms with Gasteiger partial charge in [-0.15, -0.1) is 0 Å². The van der Waals surface area contributed by atoms with Crippen LogP contribution in [0.25, 0.3) is 0 Å². The number of hydrogen-bond donors (Lipinski definition) is 1. The summed E-state index contributed by atoms with van der Waals surface area (Å²) >= 11 is 0. The average Bonchev–Trinajstić information content (AvgIpc) is 2.98. The van der Waals surface area contributed by atoms with Crippen molar-refractivity contribution in [2.45, 2.75) is 52.0 Å². The van der Waals surface area contributed by atoms with E-state index < -0.39 is 0 Å². The van der Waals surface area contributed by atoms with Gasteiger partial charge in [-0.2, -0.15) is 0 Å². The lowest BCUT2D eigenvalue weighted by Gasteiger charge is -2.31. The van der Waals surface area contributed by atoms with Gasteiger partial charge in [0.2, 0.25) is 17.7 Å². The second-order valence-electron chi connectivity index (χ2n) is 8.73. The molecule has 3 aliphatic rings. The molecule has 0 radical (unpaired) electrons. The highest BCUT2D eigenvalue weighted by Crippen LogP contribution is 2.37. The topological polar surface area (TPSA) is 82.6 Å². The zero-order chi connectivity index (χ0) is 20.4. The fourth-order valence-corrected chi connectivity index (χ4v) is 4.73. The van der Waals surface area contributed by atoms with Crippen LogP contribution in [0, 0.1) is 17.8 Å². The van der Waals surface area contributed by atoms with Gasteiger partial charge in [0.1, 0.15) is 12.4 Å². The van der Waals surface area contributed by atoms with E-state index in [4.69, 9.17) is 0 Å². The molecule has 4 rings (SSSR count). The predicted octanol–water partition coefficient (Wildman–Crippen LogP) is 2.11. The first-order valence-corrected chi connectivity index (χ1v) is 10.8. The highest BCUT2D eigenvalue weighted by Gasteiger charge is 2.48. The van der Waals surface area contributed by atoms with E-state index in [0.717, 1.165) is 61.0 Å². The van der Waals surface area contributed by atoms with Crippen molar-refractivity contribution in [1.29, 1.82) is 0 Å².